The van der Waals surface area contributed by atoms with Gasteiger partial charge in [-0.25, -0.2) is 0 Å². The molecule has 0 saturated heterocycles. The van der Waals surface area contributed by atoms with Crippen LogP contribution in [0.2, 0.25) is 0 Å². The molecule has 5 nitrogen and oxygen atoms in total. The zero-order valence-corrected chi connectivity index (χ0v) is 10.4. The van der Waals surface area contributed by atoms with Crippen LogP contribution >= 0.6 is 0 Å². The number of rotatable bonds is 1. The van der Waals surface area contributed by atoms with Crippen molar-refractivity contribution < 1.29 is 9.21 Å². The van der Waals surface area contributed by atoms with Gasteiger partial charge in [0, 0.05) is 18.7 Å². The molecule has 1 unspecified atom stereocenters. The van der Waals surface area contributed by atoms with Crippen LogP contribution in [0.5, 0.6) is 0 Å². The van der Waals surface area contributed by atoms with Crippen LogP contribution in [0.1, 0.15) is 11.3 Å². The van der Waals surface area contributed by atoms with E-state index in [1.807, 2.05) is 30.3 Å². The van der Waals surface area contributed by atoms with Gasteiger partial charge >= 0.3 is 0 Å². The summed E-state index contributed by atoms with van der Waals surface area (Å²) in [7, 11) is 1.67. The molecular weight excluding hydrogens is 242 g/mol. The lowest BCUT2D eigenvalue weighted by Gasteiger charge is -2.15. The number of fused-ring (bicyclic) bond motifs is 1. The fourth-order valence-electron chi connectivity index (χ4n) is 2.12. The first kappa shape index (κ1) is 11.7. The van der Waals surface area contributed by atoms with Crippen molar-refractivity contribution in [2.75, 3.05) is 11.9 Å². The highest BCUT2D eigenvalue weighted by molar-refractivity contribution is 6.18. The number of nitrogens with zero attached hydrogens (tertiary/aromatic N) is 2. The number of nitrogens with two attached hydrogens (primary N) is 1. The summed E-state index contributed by atoms with van der Waals surface area (Å²) in [4.78, 5) is 17.8. The minimum Gasteiger partial charge on any atom is -0.460 e. The Morgan fingerprint density at radius 1 is 1.26 bits per heavy atom. The lowest BCUT2D eigenvalue weighted by molar-refractivity contribution is -0.119. The molecule has 0 saturated carbocycles. The third kappa shape index (κ3) is 1.84. The van der Waals surface area contributed by atoms with E-state index in [1.54, 1.807) is 19.4 Å². The molecule has 0 bridgehead atoms. The van der Waals surface area contributed by atoms with Crippen LogP contribution in [0.4, 0.5) is 5.69 Å². The minimum atomic E-state index is -0.914. The Bertz CT molecular complexity index is 646. The lowest BCUT2D eigenvalue weighted by atomic mass is 10.1. The summed E-state index contributed by atoms with van der Waals surface area (Å²) < 4.78 is 5.49. The number of carbonyl (C=O) groups excluding carboxylic acids is 1. The van der Waals surface area contributed by atoms with Gasteiger partial charge in [0.2, 0.25) is 0 Å². The molecule has 2 aromatic rings. The number of anilines is 1. The lowest BCUT2D eigenvalue weighted by Crippen LogP contribution is -2.39. The van der Waals surface area contributed by atoms with Crippen LogP contribution in [-0.4, -0.2) is 24.8 Å². The first-order valence-electron chi connectivity index (χ1n) is 5.92. The average Bonchev–Trinajstić information content (AvgIpc) is 2.89. The topological polar surface area (TPSA) is 71.8 Å². The third-order valence-electron chi connectivity index (χ3n) is 3.12. The summed E-state index contributed by atoms with van der Waals surface area (Å²) in [5, 5.41) is 0. The molecule has 1 aromatic carbocycles. The second-order valence-electron chi connectivity index (χ2n) is 4.32. The molecular formula is C14H13N3O2. The van der Waals surface area contributed by atoms with Crippen molar-refractivity contribution in [3.05, 3.63) is 54.0 Å². The molecule has 19 heavy (non-hydrogen) atoms. The van der Waals surface area contributed by atoms with Crippen molar-refractivity contribution in [3.63, 3.8) is 0 Å². The number of hydrogen-bond acceptors (Lipinski definition) is 4. The van der Waals surface area contributed by atoms with Crippen LogP contribution in [0, 0.1) is 0 Å². The van der Waals surface area contributed by atoms with Crippen molar-refractivity contribution >= 4 is 17.3 Å². The highest BCUT2D eigenvalue weighted by Crippen LogP contribution is 2.27. The van der Waals surface area contributed by atoms with Gasteiger partial charge in [-0.05, 0) is 0 Å². The normalized spacial score (nSPS) is 18.8. The second kappa shape index (κ2) is 4.37. The van der Waals surface area contributed by atoms with Crippen LogP contribution in [0.3, 0.4) is 0 Å². The van der Waals surface area contributed by atoms with Gasteiger partial charge in [0.05, 0.1) is 12.0 Å². The van der Waals surface area contributed by atoms with Gasteiger partial charge in [-0.3, -0.25) is 9.79 Å². The maximum Gasteiger partial charge on any atom is 0.266 e. The molecule has 1 atom stereocenters. The van der Waals surface area contributed by atoms with Crippen LogP contribution in [0.15, 0.2) is 52.1 Å². The summed E-state index contributed by atoms with van der Waals surface area (Å²) in [6, 6.07) is 11.3. The molecule has 1 amide bonds. The fraction of sp³-hybridized carbons (Fsp3) is 0.143. The van der Waals surface area contributed by atoms with E-state index in [4.69, 9.17) is 10.2 Å². The van der Waals surface area contributed by atoms with Crippen LogP contribution in [-0.2, 0) is 4.79 Å². The quantitative estimate of drug-likeness (QED) is 0.836. The van der Waals surface area contributed by atoms with E-state index in [1.165, 1.54) is 4.90 Å². The second-order valence-corrected chi connectivity index (χ2v) is 4.32. The maximum absolute atomic E-state index is 12.0. The predicted octanol–water partition coefficient (Wildman–Crippen LogP) is 1.38. The monoisotopic (exact) mass is 255 g/mol. The van der Waals surface area contributed by atoms with E-state index in [-0.39, 0.29) is 5.91 Å². The Hall–Kier alpha value is -2.40. The Labute approximate surface area is 110 Å². The van der Waals surface area contributed by atoms with Gasteiger partial charge in [-0.2, -0.15) is 0 Å². The molecule has 0 aliphatic carbocycles. The number of likely N-dealkylation sites (N-methyl/N-ethyl adjacent to an activating group) is 1. The Balaban J connectivity index is 2.21. The molecule has 3 rings (SSSR count). The zero-order chi connectivity index (χ0) is 13.4. The molecule has 1 aliphatic rings. The van der Waals surface area contributed by atoms with Crippen LogP contribution in [0.25, 0.3) is 0 Å². The SMILES string of the molecule is CN1C(=O)C(N)N=C(c2ccccc2)c2occc21. The first-order chi connectivity index (χ1) is 9.18. The molecule has 1 aromatic heterocycles. The Kier molecular flexibility index (Phi) is 2.68. The van der Waals surface area contributed by atoms with Crippen molar-refractivity contribution in [3.8, 4) is 0 Å². The minimum absolute atomic E-state index is 0.256. The van der Waals surface area contributed by atoms with E-state index < -0.39 is 6.17 Å². The van der Waals surface area contributed by atoms with Crippen molar-refractivity contribution in [2.45, 2.75) is 6.17 Å². The van der Waals surface area contributed by atoms with Gasteiger partial charge in [0.15, 0.2) is 11.9 Å². The number of hydrogen-bond donors (Lipinski definition) is 1. The highest BCUT2D eigenvalue weighted by Gasteiger charge is 2.29. The molecule has 2 N–H and O–H groups in total. The summed E-state index contributed by atoms with van der Waals surface area (Å²) in [5.41, 5.74) is 7.97. The van der Waals surface area contributed by atoms with Crippen molar-refractivity contribution in [1.29, 1.82) is 0 Å². The summed E-state index contributed by atoms with van der Waals surface area (Å²) in [6.07, 6.45) is 0.631. The smallest absolute Gasteiger partial charge is 0.266 e. The van der Waals surface area contributed by atoms with E-state index in [0.717, 1.165) is 5.56 Å². The van der Waals surface area contributed by atoms with Gasteiger partial charge in [0.1, 0.15) is 5.71 Å². The first-order valence-corrected chi connectivity index (χ1v) is 5.92. The Morgan fingerprint density at radius 3 is 2.74 bits per heavy atom. The van der Waals surface area contributed by atoms with Crippen molar-refractivity contribution in [1.82, 2.24) is 0 Å². The van der Waals surface area contributed by atoms with Gasteiger partial charge in [-0.1, -0.05) is 30.3 Å². The number of benzene rings is 1. The molecule has 0 spiro atoms. The standard InChI is InChI=1S/C14H13N3O2/c1-17-10-7-8-19-12(10)11(16-13(15)14(17)18)9-5-3-2-4-6-9/h2-8,13H,15H2,1H3. The van der Waals surface area contributed by atoms with E-state index >= 15 is 0 Å². The molecule has 2 heterocycles. The van der Waals surface area contributed by atoms with Gasteiger partial charge in [-0.15, -0.1) is 0 Å². The van der Waals surface area contributed by atoms with Gasteiger partial charge < -0.3 is 15.1 Å². The van der Waals surface area contributed by atoms with E-state index in [2.05, 4.69) is 4.99 Å². The van der Waals surface area contributed by atoms with E-state index in [0.29, 0.717) is 17.2 Å². The number of carbonyl (C=O) groups is 1. The van der Waals surface area contributed by atoms with Crippen LogP contribution < -0.4 is 10.6 Å². The predicted molar refractivity (Wildman–Crippen MR) is 72.2 cm³/mol. The highest BCUT2D eigenvalue weighted by atomic mass is 16.3. The largest absolute Gasteiger partial charge is 0.460 e. The summed E-state index contributed by atoms with van der Waals surface area (Å²) >= 11 is 0. The van der Waals surface area contributed by atoms with E-state index in [9.17, 15) is 4.79 Å². The Morgan fingerprint density at radius 2 is 2.00 bits per heavy atom. The number of amides is 1. The summed E-state index contributed by atoms with van der Waals surface area (Å²) in [5.74, 6) is 0.309. The molecule has 96 valence electrons. The molecule has 0 radical (unpaired) electrons. The molecule has 1 aliphatic heterocycles. The molecule has 5 heteroatoms. The fourth-order valence-corrected chi connectivity index (χ4v) is 2.12. The zero-order valence-electron chi connectivity index (χ0n) is 10.4. The maximum atomic E-state index is 12.0. The number of aliphatic imine (C=N–C) groups is 1. The average molecular weight is 255 g/mol. The number of furan rings is 1. The molecule has 0 fully saturated rings. The van der Waals surface area contributed by atoms with Gasteiger partial charge in [0.25, 0.3) is 5.91 Å². The third-order valence-corrected chi connectivity index (χ3v) is 3.12. The summed E-state index contributed by atoms with van der Waals surface area (Å²) in [6.45, 7) is 0. The van der Waals surface area contributed by atoms with Crippen molar-refractivity contribution in [2.24, 2.45) is 10.7 Å².